The lowest BCUT2D eigenvalue weighted by atomic mass is 10.1. The average molecular weight is 224 g/mol. The first-order valence-corrected chi connectivity index (χ1v) is 5.97. The van der Waals surface area contributed by atoms with E-state index in [4.69, 9.17) is 4.74 Å². The minimum absolute atomic E-state index is 0.163. The van der Waals surface area contributed by atoms with Crippen molar-refractivity contribution in [1.29, 1.82) is 0 Å². The van der Waals surface area contributed by atoms with Gasteiger partial charge in [0.1, 0.15) is 0 Å². The molecule has 1 unspecified atom stereocenters. The first-order valence-electron chi connectivity index (χ1n) is 5.16. The van der Waals surface area contributed by atoms with E-state index in [1.165, 1.54) is 0 Å². The molecule has 0 aliphatic heterocycles. The molecule has 0 aromatic heterocycles. The first-order chi connectivity index (χ1) is 7.20. The fourth-order valence-corrected chi connectivity index (χ4v) is 1.43. The molecular formula is C12H17O2P. The van der Waals surface area contributed by atoms with Crippen LogP contribution in [0.5, 0.6) is 0 Å². The van der Waals surface area contributed by atoms with Crippen molar-refractivity contribution in [2.45, 2.75) is 32.0 Å². The molecule has 0 saturated carbocycles. The predicted octanol–water partition coefficient (Wildman–Crippen LogP) is 3.66. The number of rotatable bonds is 6. The normalized spacial score (nSPS) is 15.1. The molecule has 1 atom stereocenters. The molecule has 0 N–H and O–H groups in total. The van der Waals surface area contributed by atoms with Crippen LogP contribution in [-0.2, 0) is 15.9 Å². The summed E-state index contributed by atoms with van der Waals surface area (Å²) >= 11 is 0. The molecule has 0 saturated heterocycles. The Morgan fingerprint density at radius 2 is 2.00 bits per heavy atom. The molecule has 0 bridgehead atoms. The van der Waals surface area contributed by atoms with Gasteiger partial charge >= 0.3 is 0 Å². The minimum atomic E-state index is -0.241. The van der Waals surface area contributed by atoms with E-state index in [1.54, 1.807) is 0 Å². The summed E-state index contributed by atoms with van der Waals surface area (Å²) in [4.78, 5) is 0. The van der Waals surface area contributed by atoms with Crippen LogP contribution in [0.1, 0.15) is 25.8 Å². The van der Waals surface area contributed by atoms with Crippen molar-refractivity contribution in [1.82, 2.24) is 0 Å². The maximum atomic E-state index is 10.9. The molecule has 1 aromatic rings. The van der Waals surface area contributed by atoms with Gasteiger partial charge in [-0.2, -0.15) is 0 Å². The second-order valence-corrected chi connectivity index (χ2v) is 5.18. The van der Waals surface area contributed by atoms with Gasteiger partial charge in [-0.3, -0.25) is 4.57 Å². The highest BCUT2D eigenvalue weighted by Crippen LogP contribution is 2.26. The lowest BCUT2D eigenvalue weighted by molar-refractivity contribution is 0.0999. The fraction of sp³-hybridized carbons (Fsp3) is 0.500. The molecule has 0 aliphatic carbocycles. The van der Waals surface area contributed by atoms with Crippen LogP contribution in [0.25, 0.3) is 0 Å². The molecule has 0 spiro atoms. The van der Waals surface area contributed by atoms with Crippen LogP contribution in [0, 0.1) is 0 Å². The van der Waals surface area contributed by atoms with Crippen LogP contribution < -0.4 is 0 Å². The molecule has 0 heterocycles. The Labute approximate surface area is 92.9 Å². The van der Waals surface area contributed by atoms with E-state index in [0.717, 1.165) is 12.0 Å². The number of benzene rings is 1. The molecule has 0 radical (unpaired) electrons. The summed E-state index contributed by atoms with van der Waals surface area (Å²) in [6, 6.07) is 10.0. The Bertz CT molecular complexity index is 300. The van der Waals surface area contributed by atoms with Crippen LogP contribution in [0.3, 0.4) is 0 Å². The summed E-state index contributed by atoms with van der Waals surface area (Å²) < 4.78 is 16.5. The van der Waals surface area contributed by atoms with Gasteiger partial charge in [0.2, 0.25) is 0 Å². The predicted molar refractivity (Wildman–Crippen MR) is 62.4 cm³/mol. The zero-order chi connectivity index (χ0) is 11.1. The van der Waals surface area contributed by atoms with Crippen molar-refractivity contribution >= 4 is 8.46 Å². The molecular weight excluding hydrogens is 207 g/mol. The van der Waals surface area contributed by atoms with Gasteiger partial charge in [0.25, 0.3) is 0 Å². The van der Waals surface area contributed by atoms with E-state index < -0.39 is 0 Å². The van der Waals surface area contributed by atoms with Gasteiger partial charge in [-0.25, -0.2) is 0 Å². The summed E-state index contributed by atoms with van der Waals surface area (Å²) in [7, 11) is 0.163. The van der Waals surface area contributed by atoms with Gasteiger partial charge in [-0.05, 0) is 18.9 Å². The summed E-state index contributed by atoms with van der Waals surface area (Å²) in [6.07, 6.45) is 0.854. The van der Waals surface area contributed by atoms with Gasteiger partial charge in [0, 0.05) is 0 Å². The van der Waals surface area contributed by atoms with Gasteiger partial charge in [0.05, 0.1) is 18.4 Å². The summed E-state index contributed by atoms with van der Waals surface area (Å²) in [5.74, 6) is 0. The van der Waals surface area contributed by atoms with Crippen LogP contribution in [0.2, 0.25) is 0 Å². The van der Waals surface area contributed by atoms with E-state index in [9.17, 15) is 4.57 Å². The van der Waals surface area contributed by atoms with E-state index in [-0.39, 0.29) is 13.6 Å². The third-order valence-electron chi connectivity index (χ3n) is 2.51. The van der Waals surface area contributed by atoms with Crippen LogP contribution in [0.4, 0.5) is 0 Å². The zero-order valence-electron chi connectivity index (χ0n) is 9.27. The Kier molecular flexibility index (Phi) is 4.93. The van der Waals surface area contributed by atoms with Crippen LogP contribution >= 0.6 is 8.46 Å². The average Bonchev–Trinajstić information content (AvgIpc) is 2.30. The largest absolute Gasteiger partial charge is 0.375 e. The Balaban J connectivity index is 2.36. The Morgan fingerprint density at radius 1 is 1.33 bits per heavy atom. The summed E-state index contributed by atoms with van der Waals surface area (Å²) in [6.45, 7) is 5.11. The van der Waals surface area contributed by atoms with Gasteiger partial charge < -0.3 is 4.74 Å². The fourth-order valence-electron chi connectivity index (χ4n) is 1.16. The van der Waals surface area contributed by atoms with Gasteiger partial charge in [-0.1, -0.05) is 37.3 Å². The monoisotopic (exact) mass is 224 g/mol. The standard InChI is InChI=1S/C12H17O2P/c1-3-12(2,15-13)10-14-9-11-7-5-4-6-8-11/h4-8H,3,9-10H2,1-2H3. The molecule has 82 valence electrons. The molecule has 0 amide bonds. The van der Waals surface area contributed by atoms with Crippen molar-refractivity contribution in [3.63, 3.8) is 0 Å². The number of hydrogen-bond donors (Lipinski definition) is 0. The highest BCUT2D eigenvalue weighted by molar-refractivity contribution is 7.26. The van der Waals surface area contributed by atoms with Crippen molar-refractivity contribution in [2.24, 2.45) is 0 Å². The number of ether oxygens (including phenoxy) is 1. The van der Waals surface area contributed by atoms with Crippen molar-refractivity contribution in [3.05, 3.63) is 35.9 Å². The SMILES string of the molecule is CCC(C)(COCc1ccccc1)P=O. The van der Waals surface area contributed by atoms with Crippen molar-refractivity contribution in [2.75, 3.05) is 6.61 Å². The lowest BCUT2D eigenvalue weighted by Crippen LogP contribution is -2.22. The van der Waals surface area contributed by atoms with E-state index in [2.05, 4.69) is 0 Å². The van der Waals surface area contributed by atoms with Crippen molar-refractivity contribution < 1.29 is 9.30 Å². The summed E-state index contributed by atoms with van der Waals surface area (Å²) in [5.41, 5.74) is 1.15. The highest BCUT2D eigenvalue weighted by atomic mass is 31.1. The molecule has 2 nitrogen and oxygen atoms in total. The first kappa shape index (κ1) is 12.4. The molecule has 0 fully saturated rings. The van der Waals surface area contributed by atoms with Crippen molar-refractivity contribution in [3.8, 4) is 0 Å². The molecule has 15 heavy (non-hydrogen) atoms. The number of hydrogen-bond acceptors (Lipinski definition) is 2. The maximum Gasteiger partial charge on any atom is 0.164 e. The Morgan fingerprint density at radius 3 is 2.53 bits per heavy atom. The van der Waals surface area contributed by atoms with Crippen LogP contribution in [-0.4, -0.2) is 11.8 Å². The van der Waals surface area contributed by atoms with E-state index in [0.29, 0.717) is 13.2 Å². The van der Waals surface area contributed by atoms with E-state index in [1.807, 2.05) is 44.2 Å². The maximum absolute atomic E-state index is 10.9. The van der Waals surface area contributed by atoms with Gasteiger partial charge in [-0.15, -0.1) is 0 Å². The van der Waals surface area contributed by atoms with Crippen LogP contribution in [0.15, 0.2) is 30.3 Å². The van der Waals surface area contributed by atoms with E-state index >= 15 is 0 Å². The summed E-state index contributed by atoms with van der Waals surface area (Å²) in [5, 5.41) is -0.241. The lowest BCUT2D eigenvalue weighted by Gasteiger charge is -2.19. The zero-order valence-corrected chi connectivity index (χ0v) is 10.2. The molecule has 1 rings (SSSR count). The molecule has 3 heteroatoms. The molecule has 1 aromatic carbocycles. The topological polar surface area (TPSA) is 26.3 Å². The third-order valence-corrected chi connectivity index (χ3v) is 3.39. The smallest absolute Gasteiger partial charge is 0.164 e. The van der Waals surface area contributed by atoms with Gasteiger partial charge in [0.15, 0.2) is 8.46 Å². The third kappa shape index (κ3) is 4.11. The quantitative estimate of drug-likeness (QED) is 0.689. The second-order valence-electron chi connectivity index (χ2n) is 3.92. The molecule has 0 aliphatic rings. The minimum Gasteiger partial charge on any atom is -0.375 e. The Hall–Kier alpha value is -0.720. The highest BCUT2D eigenvalue weighted by Gasteiger charge is 2.22. The second kappa shape index (κ2) is 5.99.